The van der Waals surface area contributed by atoms with Crippen LogP contribution in [0.3, 0.4) is 0 Å². The molecule has 0 N–H and O–H groups in total. The van der Waals surface area contributed by atoms with Crippen LogP contribution in [-0.4, -0.2) is 40.9 Å². The van der Waals surface area contributed by atoms with Gasteiger partial charge in [0.25, 0.3) is 0 Å². The first-order chi connectivity index (χ1) is 13.4. The zero-order valence-electron chi connectivity index (χ0n) is 15.3. The van der Waals surface area contributed by atoms with Crippen molar-refractivity contribution >= 4 is 11.9 Å². The van der Waals surface area contributed by atoms with Crippen LogP contribution in [0.1, 0.15) is 41.7 Å². The highest BCUT2D eigenvalue weighted by molar-refractivity contribution is 5.79. The molecule has 0 amide bonds. The molecule has 28 heavy (non-hydrogen) atoms. The van der Waals surface area contributed by atoms with E-state index in [9.17, 15) is 18.0 Å². The molecule has 1 aliphatic carbocycles. The molecule has 2 heterocycles. The summed E-state index contributed by atoms with van der Waals surface area (Å²) in [5.41, 5.74) is 2.48. The van der Waals surface area contributed by atoms with Gasteiger partial charge in [0.1, 0.15) is 18.9 Å². The lowest BCUT2D eigenvalue weighted by Crippen LogP contribution is -2.21. The predicted molar refractivity (Wildman–Crippen MR) is 95.3 cm³/mol. The lowest BCUT2D eigenvalue weighted by molar-refractivity contribution is -0.142. The van der Waals surface area contributed by atoms with E-state index in [4.69, 9.17) is 9.47 Å². The molecule has 6 nitrogen and oxygen atoms in total. The Labute approximate surface area is 160 Å². The molecule has 2 aromatic rings. The number of aldehydes is 1. The monoisotopic (exact) mass is 395 g/mol. The van der Waals surface area contributed by atoms with Crippen LogP contribution in [0.4, 0.5) is 13.2 Å². The van der Waals surface area contributed by atoms with Gasteiger partial charge in [0.15, 0.2) is 6.29 Å². The molecule has 0 aliphatic heterocycles. The van der Waals surface area contributed by atoms with Gasteiger partial charge < -0.3 is 9.47 Å². The maximum Gasteiger partial charge on any atom is 0.408 e. The Bertz CT molecular complexity index is 875. The third-order valence-corrected chi connectivity index (χ3v) is 4.55. The van der Waals surface area contributed by atoms with Crippen LogP contribution in [-0.2, 0) is 6.54 Å². The smallest absolute Gasteiger partial charge is 0.408 e. The number of carbonyl (C=O) groups is 1. The number of hydrogen-bond donors (Lipinski definition) is 0. The van der Waals surface area contributed by atoms with Gasteiger partial charge in [0.05, 0.1) is 24.6 Å². The molecule has 3 rings (SSSR count). The number of carbonyl (C=O) groups excluding carboxylic acids is 1. The number of hydrogen-bond acceptors (Lipinski definition) is 5. The molecular formula is C19H20F3N3O3. The molecule has 150 valence electrons. The van der Waals surface area contributed by atoms with E-state index in [1.165, 1.54) is 25.6 Å². The highest BCUT2D eigenvalue weighted by atomic mass is 19.4. The maximum absolute atomic E-state index is 12.8. The molecule has 0 atom stereocenters. The Balaban J connectivity index is 1.85. The van der Waals surface area contributed by atoms with Gasteiger partial charge in [0.2, 0.25) is 5.88 Å². The standard InChI is InChI=1S/C19H20F3N3O3/c1-27-18-8-14(10-26)17(9-23-18)28-11-13-4-2-3-5-15(13)16-6-7-24-25(16)12-19(20,21)22/h6-10H,2-5,11-12H2,1H3. The molecule has 0 saturated carbocycles. The fraction of sp³-hybridized carbons (Fsp3) is 0.421. The van der Waals surface area contributed by atoms with Gasteiger partial charge in [-0.15, -0.1) is 0 Å². The van der Waals surface area contributed by atoms with Gasteiger partial charge in [-0.25, -0.2) is 4.98 Å². The number of pyridine rings is 1. The van der Waals surface area contributed by atoms with Crippen molar-refractivity contribution in [2.24, 2.45) is 0 Å². The predicted octanol–water partition coefficient (Wildman–Crippen LogP) is 4.07. The number of methoxy groups -OCH3 is 1. The van der Waals surface area contributed by atoms with Gasteiger partial charge in [-0.05, 0) is 42.9 Å². The number of nitrogens with zero attached hydrogens (tertiary/aromatic N) is 3. The lowest BCUT2D eigenvalue weighted by Gasteiger charge is -2.22. The first kappa shape index (κ1) is 19.9. The van der Waals surface area contributed by atoms with E-state index in [2.05, 4.69) is 10.1 Å². The summed E-state index contributed by atoms with van der Waals surface area (Å²) in [6, 6.07) is 3.06. The van der Waals surface area contributed by atoms with Gasteiger partial charge >= 0.3 is 6.18 Å². The zero-order chi connectivity index (χ0) is 20.1. The van der Waals surface area contributed by atoms with E-state index in [0.717, 1.165) is 28.7 Å². The zero-order valence-corrected chi connectivity index (χ0v) is 15.3. The second-order valence-electron chi connectivity index (χ2n) is 6.45. The number of allylic oxidation sites excluding steroid dienone is 1. The number of rotatable bonds is 7. The van der Waals surface area contributed by atoms with Gasteiger partial charge in [-0.1, -0.05) is 0 Å². The topological polar surface area (TPSA) is 66.2 Å². The third kappa shape index (κ3) is 4.71. The second-order valence-corrected chi connectivity index (χ2v) is 6.45. The molecule has 1 aliphatic rings. The fourth-order valence-electron chi connectivity index (χ4n) is 3.25. The van der Waals surface area contributed by atoms with Gasteiger partial charge in [-0.2, -0.15) is 18.3 Å². The van der Waals surface area contributed by atoms with E-state index < -0.39 is 12.7 Å². The summed E-state index contributed by atoms with van der Waals surface area (Å²) in [4.78, 5) is 15.3. The molecule has 0 saturated heterocycles. The summed E-state index contributed by atoms with van der Waals surface area (Å²) < 4.78 is 50.2. The van der Waals surface area contributed by atoms with E-state index in [1.807, 2.05) is 0 Å². The van der Waals surface area contributed by atoms with E-state index >= 15 is 0 Å². The number of halogens is 3. The van der Waals surface area contributed by atoms with Crippen LogP contribution >= 0.6 is 0 Å². The molecule has 9 heteroatoms. The van der Waals surface area contributed by atoms with Gasteiger partial charge in [-0.3, -0.25) is 9.48 Å². The minimum absolute atomic E-state index is 0.168. The quantitative estimate of drug-likeness (QED) is 0.662. The number of ether oxygens (including phenoxy) is 2. The van der Waals surface area contributed by atoms with Gasteiger partial charge in [0, 0.05) is 12.3 Å². The Morgan fingerprint density at radius 1 is 1.29 bits per heavy atom. The van der Waals surface area contributed by atoms with E-state index in [-0.39, 0.29) is 6.61 Å². The summed E-state index contributed by atoms with van der Waals surface area (Å²) in [6.45, 7) is -0.966. The summed E-state index contributed by atoms with van der Waals surface area (Å²) in [6.07, 6.45) is 2.26. The Hall–Kier alpha value is -2.84. The number of alkyl halides is 3. The maximum atomic E-state index is 12.8. The van der Waals surface area contributed by atoms with Crippen LogP contribution in [0.5, 0.6) is 11.6 Å². The Kier molecular flexibility index (Phi) is 6.01. The Morgan fingerprint density at radius 2 is 2.07 bits per heavy atom. The van der Waals surface area contributed by atoms with Crippen LogP contribution in [0.25, 0.3) is 5.57 Å². The van der Waals surface area contributed by atoms with Crippen LogP contribution in [0, 0.1) is 0 Å². The van der Waals surface area contributed by atoms with Crippen LogP contribution in [0.2, 0.25) is 0 Å². The third-order valence-electron chi connectivity index (χ3n) is 4.55. The number of aromatic nitrogens is 3. The molecule has 0 spiro atoms. The molecule has 0 aromatic carbocycles. The Morgan fingerprint density at radius 3 is 2.79 bits per heavy atom. The second kappa shape index (κ2) is 8.45. The molecule has 0 radical (unpaired) electrons. The van der Waals surface area contributed by atoms with Crippen molar-refractivity contribution in [2.45, 2.75) is 38.4 Å². The first-order valence-electron chi connectivity index (χ1n) is 8.83. The van der Waals surface area contributed by atoms with Crippen molar-refractivity contribution in [2.75, 3.05) is 13.7 Å². The largest absolute Gasteiger partial charge is 0.487 e. The molecule has 0 bridgehead atoms. The minimum atomic E-state index is -4.35. The van der Waals surface area contributed by atoms with Crippen molar-refractivity contribution in [3.05, 3.63) is 41.4 Å². The van der Waals surface area contributed by atoms with Crippen molar-refractivity contribution in [1.29, 1.82) is 0 Å². The normalized spacial score (nSPS) is 14.9. The summed E-state index contributed by atoms with van der Waals surface area (Å²) >= 11 is 0. The van der Waals surface area contributed by atoms with E-state index in [1.54, 1.807) is 6.07 Å². The molecule has 0 fully saturated rings. The van der Waals surface area contributed by atoms with Crippen molar-refractivity contribution in [3.8, 4) is 11.6 Å². The van der Waals surface area contributed by atoms with Crippen LogP contribution in [0.15, 0.2) is 30.1 Å². The van der Waals surface area contributed by atoms with Crippen molar-refractivity contribution in [3.63, 3.8) is 0 Å². The molecule has 0 unspecified atom stereocenters. The summed E-state index contributed by atoms with van der Waals surface area (Å²) in [5.74, 6) is 0.597. The van der Waals surface area contributed by atoms with E-state index in [0.29, 0.717) is 42.0 Å². The fourth-order valence-corrected chi connectivity index (χ4v) is 3.25. The molecular weight excluding hydrogens is 375 g/mol. The summed E-state index contributed by atoms with van der Waals surface area (Å²) in [7, 11) is 1.45. The average molecular weight is 395 g/mol. The molecule has 2 aromatic heterocycles. The summed E-state index contributed by atoms with van der Waals surface area (Å²) in [5, 5.41) is 3.83. The SMILES string of the molecule is COc1cc(C=O)c(OCC2=C(c3ccnn3CC(F)(F)F)CCCC2)cn1. The minimum Gasteiger partial charge on any atom is -0.487 e. The first-order valence-corrected chi connectivity index (χ1v) is 8.83. The average Bonchev–Trinajstić information content (AvgIpc) is 3.12. The van der Waals surface area contributed by atoms with Crippen molar-refractivity contribution in [1.82, 2.24) is 14.8 Å². The van der Waals surface area contributed by atoms with Crippen LogP contribution < -0.4 is 9.47 Å². The highest BCUT2D eigenvalue weighted by Crippen LogP contribution is 2.34. The lowest BCUT2D eigenvalue weighted by atomic mass is 9.90. The highest BCUT2D eigenvalue weighted by Gasteiger charge is 2.30. The van der Waals surface area contributed by atoms with Crippen molar-refractivity contribution < 1.29 is 27.4 Å².